The Bertz CT molecular complexity index is 1320. The Morgan fingerprint density at radius 1 is 1.12 bits per heavy atom. The first kappa shape index (κ1) is 23.1. The summed E-state index contributed by atoms with van der Waals surface area (Å²) >= 11 is 1.69. The van der Waals surface area contributed by atoms with Crippen molar-refractivity contribution in [3.05, 3.63) is 35.0 Å². The highest BCUT2D eigenvalue weighted by molar-refractivity contribution is 7.88. The van der Waals surface area contributed by atoms with Gasteiger partial charge in [-0.15, -0.1) is 11.3 Å². The first-order chi connectivity index (χ1) is 16.4. The van der Waals surface area contributed by atoms with E-state index >= 15 is 0 Å². The molecule has 178 valence electrons. The maximum Gasteiger partial charge on any atom is 0.211 e. The van der Waals surface area contributed by atoms with Gasteiger partial charge >= 0.3 is 0 Å². The van der Waals surface area contributed by atoms with Gasteiger partial charge in [0.05, 0.1) is 29.7 Å². The molecular formula is C22H25N7O3S2. The normalized spacial score (nSPS) is 18.3. The Morgan fingerprint density at radius 2 is 1.88 bits per heavy atom. The zero-order valence-corrected chi connectivity index (χ0v) is 20.5. The molecule has 34 heavy (non-hydrogen) atoms. The third-order valence-electron chi connectivity index (χ3n) is 6.03. The summed E-state index contributed by atoms with van der Waals surface area (Å²) in [6.45, 7) is 6.00. The summed E-state index contributed by atoms with van der Waals surface area (Å²) in [7, 11) is -3.14. The molecule has 10 nitrogen and oxygen atoms in total. The van der Waals surface area contributed by atoms with E-state index < -0.39 is 10.0 Å². The molecule has 3 aromatic heterocycles. The van der Waals surface area contributed by atoms with Crippen LogP contribution in [0.15, 0.2) is 24.4 Å². The molecule has 0 aliphatic carbocycles. The number of morpholine rings is 1. The van der Waals surface area contributed by atoms with E-state index in [2.05, 4.69) is 20.9 Å². The number of hydrogen-bond acceptors (Lipinski definition) is 10. The fourth-order valence-corrected chi connectivity index (χ4v) is 6.17. The van der Waals surface area contributed by atoms with Crippen molar-refractivity contribution in [2.75, 3.05) is 63.6 Å². The van der Waals surface area contributed by atoms with Gasteiger partial charge in [0.15, 0.2) is 11.6 Å². The summed E-state index contributed by atoms with van der Waals surface area (Å²) in [5, 5.41) is 9.05. The van der Waals surface area contributed by atoms with Gasteiger partial charge in [-0.3, -0.25) is 4.90 Å². The molecule has 0 saturated carbocycles. The van der Waals surface area contributed by atoms with Crippen molar-refractivity contribution >= 4 is 37.4 Å². The predicted molar refractivity (Wildman–Crippen MR) is 130 cm³/mol. The second-order valence-corrected chi connectivity index (χ2v) is 11.5. The van der Waals surface area contributed by atoms with Crippen molar-refractivity contribution in [2.45, 2.75) is 6.54 Å². The first-order valence-corrected chi connectivity index (χ1v) is 13.7. The number of fused-ring (bicyclic) bond motifs is 1. The smallest absolute Gasteiger partial charge is 0.211 e. The van der Waals surface area contributed by atoms with E-state index in [9.17, 15) is 8.42 Å². The predicted octanol–water partition coefficient (Wildman–Crippen LogP) is 1.54. The van der Waals surface area contributed by atoms with E-state index in [0.29, 0.717) is 50.9 Å². The van der Waals surface area contributed by atoms with Gasteiger partial charge in [-0.05, 0) is 18.2 Å². The molecule has 2 fully saturated rings. The van der Waals surface area contributed by atoms with E-state index in [1.807, 2.05) is 12.1 Å². The number of rotatable bonds is 5. The monoisotopic (exact) mass is 499 g/mol. The van der Waals surface area contributed by atoms with E-state index in [1.165, 1.54) is 15.4 Å². The topological polar surface area (TPSA) is 116 Å². The van der Waals surface area contributed by atoms with Crippen LogP contribution in [0.2, 0.25) is 0 Å². The molecule has 0 atom stereocenters. The van der Waals surface area contributed by atoms with E-state index in [0.717, 1.165) is 41.2 Å². The van der Waals surface area contributed by atoms with E-state index in [1.54, 1.807) is 23.6 Å². The lowest BCUT2D eigenvalue weighted by Crippen LogP contribution is -2.47. The summed E-state index contributed by atoms with van der Waals surface area (Å²) in [5.41, 5.74) is 2.00. The molecule has 0 unspecified atom stereocenters. The SMILES string of the molecule is CS(=O)(=O)N1CCN(Cc2cc3nc(-c4ccc(C#N)nc4)nc(N4CCOCC4)c3s2)CC1. The number of nitrogens with zero attached hydrogens (tertiary/aromatic N) is 7. The molecule has 0 N–H and O–H groups in total. The number of hydrogen-bond donors (Lipinski definition) is 0. The zero-order chi connectivity index (χ0) is 23.7. The van der Waals surface area contributed by atoms with Gasteiger partial charge in [-0.25, -0.2) is 23.4 Å². The molecular weight excluding hydrogens is 474 g/mol. The first-order valence-electron chi connectivity index (χ1n) is 11.1. The number of ether oxygens (including phenoxy) is 1. The summed E-state index contributed by atoms with van der Waals surface area (Å²) in [4.78, 5) is 19.6. The molecule has 5 heterocycles. The summed E-state index contributed by atoms with van der Waals surface area (Å²) in [6, 6.07) is 7.64. The molecule has 0 spiro atoms. The molecule has 5 rings (SSSR count). The molecule has 12 heteroatoms. The average molecular weight is 500 g/mol. The number of thiophene rings is 1. The lowest BCUT2D eigenvalue weighted by Gasteiger charge is -2.32. The highest BCUT2D eigenvalue weighted by Crippen LogP contribution is 2.35. The van der Waals surface area contributed by atoms with Crippen LogP contribution in [0, 0.1) is 11.3 Å². The summed E-state index contributed by atoms with van der Waals surface area (Å²) in [6.07, 6.45) is 2.90. The Balaban J connectivity index is 1.45. The van der Waals surface area contributed by atoms with Crippen LogP contribution in [0.3, 0.4) is 0 Å². The lowest BCUT2D eigenvalue weighted by atomic mass is 10.2. The van der Waals surface area contributed by atoms with Gasteiger partial charge in [-0.2, -0.15) is 9.57 Å². The summed E-state index contributed by atoms with van der Waals surface area (Å²) in [5.74, 6) is 1.47. The van der Waals surface area contributed by atoms with Gasteiger partial charge in [0.2, 0.25) is 10.0 Å². The maximum atomic E-state index is 11.8. The molecule has 2 aliphatic rings. The van der Waals surface area contributed by atoms with Crippen LogP contribution in [-0.4, -0.2) is 91.3 Å². The quantitative estimate of drug-likeness (QED) is 0.515. The van der Waals surface area contributed by atoms with Crippen LogP contribution in [0.25, 0.3) is 21.6 Å². The van der Waals surface area contributed by atoms with Crippen molar-refractivity contribution < 1.29 is 13.2 Å². The molecule has 0 amide bonds. The minimum absolute atomic E-state index is 0.354. The van der Waals surface area contributed by atoms with Crippen LogP contribution >= 0.6 is 11.3 Å². The number of nitriles is 1. The van der Waals surface area contributed by atoms with Gasteiger partial charge < -0.3 is 9.64 Å². The minimum Gasteiger partial charge on any atom is -0.378 e. The van der Waals surface area contributed by atoms with E-state index in [-0.39, 0.29) is 0 Å². The van der Waals surface area contributed by atoms with Gasteiger partial charge in [0, 0.05) is 62.5 Å². The Morgan fingerprint density at radius 3 is 2.53 bits per heavy atom. The minimum atomic E-state index is -3.14. The highest BCUT2D eigenvalue weighted by Gasteiger charge is 2.25. The molecule has 0 radical (unpaired) electrons. The number of anilines is 1. The lowest BCUT2D eigenvalue weighted by molar-refractivity contribution is 0.122. The van der Waals surface area contributed by atoms with Crippen molar-refractivity contribution in [3.8, 4) is 17.5 Å². The van der Waals surface area contributed by atoms with E-state index in [4.69, 9.17) is 20.0 Å². The third-order valence-corrected chi connectivity index (χ3v) is 8.44. The van der Waals surface area contributed by atoms with Crippen LogP contribution < -0.4 is 4.90 Å². The molecule has 0 aromatic carbocycles. The van der Waals surface area contributed by atoms with Crippen molar-refractivity contribution in [2.24, 2.45) is 0 Å². The molecule has 0 bridgehead atoms. The van der Waals surface area contributed by atoms with Gasteiger partial charge in [-0.1, -0.05) is 0 Å². The fourth-order valence-electron chi connectivity index (χ4n) is 4.19. The highest BCUT2D eigenvalue weighted by atomic mass is 32.2. The van der Waals surface area contributed by atoms with Crippen LogP contribution in [0.5, 0.6) is 0 Å². The molecule has 2 aliphatic heterocycles. The van der Waals surface area contributed by atoms with Crippen LogP contribution in [-0.2, 0) is 21.3 Å². The van der Waals surface area contributed by atoms with Crippen molar-refractivity contribution in [1.29, 1.82) is 5.26 Å². The number of sulfonamides is 1. The Kier molecular flexibility index (Phi) is 6.46. The van der Waals surface area contributed by atoms with Crippen molar-refractivity contribution in [3.63, 3.8) is 0 Å². The zero-order valence-electron chi connectivity index (χ0n) is 18.8. The number of pyridine rings is 1. The Labute approximate surface area is 202 Å². The van der Waals surface area contributed by atoms with Crippen LogP contribution in [0.1, 0.15) is 10.6 Å². The molecule has 2 saturated heterocycles. The van der Waals surface area contributed by atoms with Gasteiger partial charge in [0.1, 0.15) is 11.8 Å². The van der Waals surface area contributed by atoms with Gasteiger partial charge in [0.25, 0.3) is 0 Å². The second kappa shape index (κ2) is 9.52. The average Bonchev–Trinajstić information content (AvgIpc) is 3.26. The standard InChI is InChI=1S/C22H25N7O3S2/c1-34(30,31)29-6-4-27(5-7-29)15-18-12-19-20(33-18)22(28-8-10-32-11-9-28)26-21(25-19)16-2-3-17(13-23)24-14-16/h2-3,12,14H,4-11,15H2,1H3. The Hall–Kier alpha value is -2.69. The fraction of sp³-hybridized carbons (Fsp3) is 0.455. The molecule has 3 aromatic rings. The third kappa shape index (κ3) is 4.89. The summed E-state index contributed by atoms with van der Waals surface area (Å²) < 4.78 is 31.7. The second-order valence-electron chi connectivity index (χ2n) is 8.38. The number of piperazine rings is 1. The largest absolute Gasteiger partial charge is 0.378 e. The maximum absolute atomic E-state index is 11.8. The number of aromatic nitrogens is 3. The van der Waals surface area contributed by atoms with Crippen LogP contribution in [0.4, 0.5) is 5.82 Å². The van der Waals surface area contributed by atoms with Crippen molar-refractivity contribution in [1.82, 2.24) is 24.2 Å².